The summed E-state index contributed by atoms with van der Waals surface area (Å²) >= 11 is 6.90. The molecular formula is C15H12ClNO6S. The third-order valence-electron chi connectivity index (χ3n) is 3.53. The standard InChI is InChI=1S/C15H12ClNO6S/c1-7(14(19)21-2)17-13(18)12(24-15(17)20)4-8-3-10-11(5-9(8)16)23-6-22-10/h3-5,7H,6H2,1-2H3/b12-4+. The summed E-state index contributed by atoms with van der Waals surface area (Å²) in [5.74, 6) is -0.214. The van der Waals surface area contributed by atoms with E-state index < -0.39 is 23.2 Å². The Balaban J connectivity index is 1.91. The van der Waals surface area contributed by atoms with Gasteiger partial charge in [-0.2, -0.15) is 0 Å². The van der Waals surface area contributed by atoms with Gasteiger partial charge >= 0.3 is 5.97 Å². The van der Waals surface area contributed by atoms with Crippen molar-refractivity contribution in [2.45, 2.75) is 13.0 Å². The quantitative estimate of drug-likeness (QED) is 0.598. The van der Waals surface area contributed by atoms with E-state index >= 15 is 0 Å². The first kappa shape index (κ1) is 16.7. The Bertz CT molecular complexity index is 777. The third kappa shape index (κ3) is 2.83. The van der Waals surface area contributed by atoms with Crippen molar-refractivity contribution in [1.82, 2.24) is 4.90 Å². The fraction of sp³-hybridized carbons (Fsp3) is 0.267. The van der Waals surface area contributed by atoms with Crippen LogP contribution in [0.1, 0.15) is 12.5 Å². The van der Waals surface area contributed by atoms with Crippen molar-refractivity contribution in [3.63, 3.8) is 0 Å². The smallest absolute Gasteiger partial charge is 0.328 e. The van der Waals surface area contributed by atoms with E-state index in [4.69, 9.17) is 21.1 Å². The molecule has 24 heavy (non-hydrogen) atoms. The lowest BCUT2D eigenvalue weighted by Crippen LogP contribution is -2.42. The van der Waals surface area contributed by atoms with E-state index in [9.17, 15) is 14.4 Å². The van der Waals surface area contributed by atoms with Gasteiger partial charge in [0.05, 0.1) is 17.0 Å². The summed E-state index contributed by atoms with van der Waals surface area (Å²) in [6.07, 6.45) is 1.49. The van der Waals surface area contributed by atoms with Crippen LogP contribution in [0.2, 0.25) is 5.02 Å². The van der Waals surface area contributed by atoms with Gasteiger partial charge in [0.1, 0.15) is 6.04 Å². The minimum atomic E-state index is -0.999. The van der Waals surface area contributed by atoms with Crippen molar-refractivity contribution in [2.24, 2.45) is 0 Å². The predicted octanol–water partition coefficient (Wildman–Crippen LogP) is 2.67. The lowest BCUT2D eigenvalue weighted by Gasteiger charge is -2.18. The summed E-state index contributed by atoms with van der Waals surface area (Å²) in [5, 5.41) is -0.187. The molecule has 1 saturated heterocycles. The zero-order valence-electron chi connectivity index (χ0n) is 12.7. The summed E-state index contributed by atoms with van der Waals surface area (Å²) in [7, 11) is 1.19. The first-order valence-corrected chi connectivity index (χ1v) is 8.06. The van der Waals surface area contributed by atoms with Gasteiger partial charge in [-0.05, 0) is 36.4 Å². The van der Waals surface area contributed by atoms with Crippen LogP contribution in [0.3, 0.4) is 0 Å². The molecule has 2 heterocycles. The van der Waals surface area contributed by atoms with Gasteiger partial charge in [-0.25, -0.2) is 4.79 Å². The van der Waals surface area contributed by atoms with Gasteiger partial charge in [-0.3, -0.25) is 14.5 Å². The van der Waals surface area contributed by atoms with Crippen LogP contribution in [0.25, 0.3) is 6.08 Å². The first-order valence-electron chi connectivity index (χ1n) is 6.86. The third-order valence-corrected chi connectivity index (χ3v) is 4.74. The summed E-state index contributed by atoms with van der Waals surface area (Å²) in [6.45, 7) is 1.53. The second-order valence-electron chi connectivity index (χ2n) is 4.98. The van der Waals surface area contributed by atoms with Gasteiger partial charge in [0, 0.05) is 6.07 Å². The number of nitrogens with zero attached hydrogens (tertiary/aromatic N) is 1. The van der Waals surface area contributed by atoms with Crippen LogP contribution in [0.5, 0.6) is 11.5 Å². The Morgan fingerprint density at radius 3 is 2.71 bits per heavy atom. The fourth-order valence-electron chi connectivity index (χ4n) is 2.27. The second kappa shape index (κ2) is 6.37. The Labute approximate surface area is 146 Å². The average Bonchev–Trinajstić information content (AvgIpc) is 3.10. The zero-order valence-corrected chi connectivity index (χ0v) is 14.3. The summed E-state index contributed by atoms with van der Waals surface area (Å²) in [4.78, 5) is 37.1. The number of ether oxygens (including phenoxy) is 3. The maximum atomic E-state index is 12.4. The molecule has 2 amide bonds. The molecule has 2 aliphatic rings. The monoisotopic (exact) mass is 369 g/mol. The maximum absolute atomic E-state index is 12.4. The molecule has 0 aliphatic carbocycles. The molecular weight excluding hydrogens is 358 g/mol. The number of halogens is 1. The van der Waals surface area contributed by atoms with Crippen molar-refractivity contribution in [3.05, 3.63) is 27.6 Å². The summed E-state index contributed by atoms with van der Waals surface area (Å²) in [6, 6.07) is 2.21. The molecule has 3 rings (SSSR count). The lowest BCUT2D eigenvalue weighted by molar-refractivity contribution is -0.148. The topological polar surface area (TPSA) is 82.1 Å². The summed E-state index contributed by atoms with van der Waals surface area (Å²) < 4.78 is 15.1. The number of thioether (sulfide) groups is 1. The van der Waals surface area contributed by atoms with Crippen LogP contribution in [0.15, 0.2) is 17.0 Å². The van der Waals surface area contributed by atoms with Crippen molar-refractivity contribution in [2.75, 3.05) is 13.9 Å². The maximum Gasteiger partial charge on any atom is 0.328 e. The number of carbonyl (C=O) groups is 3. The highest BCUT2D eigenvalue weighted by molar-refractivity contribution is 8.18. The Hall–Kier alpha value is -2.19. The number of hydrogen-bond acceptors (Lipinski definition) is 7. The molecule has 126 valence electrons. The molecule has 1 atom stereocenters. The molecule has 0 spiro atoms. The van der Waals surface area contributed by atoms with Crippen molar-refractivity contribution < 1.29 is 28.6 Å². The van der Waals surface area contributed by atoms with Crippen molar-refractivity contribution in [3.8, 4) is 11.5 Å². The number of imide groups is 1. The SMILES string of the molecule is COC(=O)C(C)N1C(=O)S/C(=C/c2cc3c(cc2Cl)OCO3)C1=O. The van der Waals surface area contributed by atoms with Crippen LogP contribution in [-0.4, -0.2) is 42.0 Å². The number of amides is 2. The van der Waals surface area contributed by atoms with E-state index in [0.29, 0.717) is 22.1 Å². The van der Waals surface area contributed by atoms with E-state index in [0.717, 1.165) is 16.7 Å². The highest BCUT2D eigenvalue weighted by Gasteiger charge is 2.41. The van der Waals surface area contributed by atoms with Crippen LogP contribution in [0.4, 0.5) is 4.79 Å². The van der Waals surface area contributed by atoms with E-state index in [2.05, 4.69) is 4.74 Å². The number of fused-ring (bicyclic) bond motifs is 1. The van der Waals surface area contributed by atoms with Gasteiger partial charge < -0.3 is 14.2 Å². The molecule has 0 bridgehead atoms. The molecule has 9 heteroatoms. The largest absolute Gasteiger partial charge is 0.467 e. The fourth-order valence-corrected chi connectivity index (χ4v) is 3.38. The average molecular weight is 370 g/mol. The van der Waals surface area contributed by atoms with Gasteiger partial charge in [0.25, 0.3) is 11.1 Å². The number of methoxy groups -OCH3 is 1. The van der Waals surface area contributed by atoms with Crippen LogP contribution < -0.4 is 9.47 Å². The normalized spacial score (nSPS) is 19.1. The first-order chi connectivity index (χ1) is 11.4. The van der Waals surface area contributed by atoms with Crippen molar-refractivity contribution in [1.29, 1.82) is 0 Å². The van der Waals surface area contributed by atoms with Gasteiger partial charge in [0.2, 0.25) is 6.79 Å². The minimum absolute atomic E-state index is 0.0995. The molecule has 0 N–H and O–H groups in total. The second-order valence-corrected chi connectivity index (χ2v) is 6.38. The Morgan fingerprint density at radius 2 is 2.04 bits per heavy atom. The Morgan fingerprint density at radius 1 is 1.38 bits per heavy atom. The molecule has 2 aliphatic heterocycles. The highest BCUT2D eigenvalue weighted by atomic mass is 35.5. The van der Waals surface area contributed by atoms with Crippen LogP contribution in [-0.2, 0) is 14.3 Å². The summed E-state index contributed by atoms with van der Waals surface area (Å²) in [5.41, 5.74) is 0.511. The molecule has 1 unspecified atom stereocenters. The van der Waals surface area contributed by atoms with E-state index in [1.807, 2.05) is 0 Å². The number of hydrogen-bond donors (Lipinski definition) is 0. The number of carbonyl (C=O) groups excluding carboxylic acids is 3. The Kier molecular flexibility index (Phi) is 4.42. The molecule has 7 nitrogen and oxygen atoms in total. The zero-order chi connectivity index (χ0) is 17.4. The molecule has 0 aromatic heterocycles. The molecule has 0 radical (unpaired) electrons. The van der Waals surface area contributed by atoms with Crippen molar-refractivity contribution >= 4 is 46.6 Å². The van der Waals surface area contributed by atoms with Crippen LogP contribution >= 0.6 is 23.4 Å². The van der Waals surface area contributed by atoms with Gasteiger partial charge in [-0.1, -0.05) is 11.6 Å². The highest BCUT2D eigenvalue weighted by Crippen LogP contribution is 2.40. The molecule has 1 fully saturated rings. The van der Waals surface area contributed by atoms with Gasteiger partial charge in [-0.15, -0.1) is 0 Å². The predicted molar refractivity (Wildman–Crippen MR) is 86.9 cm³/mol. The lowest BCUT2D eigenvalue weighted by atomic mass is 10.1. The number of rotatable bonds is 3. The van der Waals surface area contributed by atoms with E-state index in [1.54, 1.807) is 12.1 Å². The minimum Gasteiger partial charge on any atom is -0.467 e. The number of esters is 1. The van der Waals surface area contributed by atoms with E-state index in [1.165, 1.54) is 20.1 Å². The number of benzene rings is 1. The molecule has 1 aromatic rings. The molecule has 1 aromatic carbocycles. The van der Waals surface area contributed by atoms with E-state index in [-0.39, 0.29) is 11.7 Å². The van der Waals surface area contributed by atoms with Crippen LogP contribution in [0, 0.1) is 0 Å². The molecule has 0 saturated carbocycles. The van der Waals surface area contributed by atoms with Gasteiger partial charge in [0.15, 0.2) is 11.5 Å².